The molecule has 1 saturated carbocycles. The van der Waals surface area contributed by atoms with E-state index in [9.17, 15) is 4.79 Å². The first-order chi connectivity index (χ1) is 9.07. The third kappa shape index (κ3) is 3.18. The van der Waals surface area contributed by atoms with E-state index in [2.05, 4.69) is 6.92 Å². The van der Waals surface area contributed by atoms with Crippen molar-refractivity contribution in [3.05, 3.63) is 34.9 Å². The van der Waals surface area contributed by atoms with Crippen LogP contribution in [0.15, 0.2) is 24.3 Å². The molecular weight excluding hydrogens is 260 g/mol. The Bertz CT molecular complexity index is 448. The van der Waals surface area contributed by atoms with Gasteiger partial charge in [-0.15, -0.1) is 0 Å². The second-order valence-corrected chi connectivity index (χ2v) is 5.98. The molecule has 1 aliphatic rings. The SMILES string of the molecule is COC1(C(=O)Cc2ccccc2Cl)CCC(C)CC1. The van der Waals surface area contributed by atoms with E-state index < -0.39 is 5.60 Å². The molecular formula is C16H21ClO2. The highest BCUT2D eigenvalue weighted by molar-refractivity contribution is 6.31. The van der Waals surface area contributed by atoms with Crippen LogP contribution in [0.5, 0.6) is 0 Å². The van der Waals surface area contributed by atoms with Gasteiger partial charge >= 0.3 is 0 Å². The van der Waals surface area contributed by atoms with Crippen LogP contribution < -0.4 is 0 Å². The zero-order valence-corrected chi connectivity index (χ0v) is 12.4. The van der Waals surface area contributed by atoms with Crippen molar-refractivity contribution in [2.75, 3.05) is 7.11 Å². The number of Topliss-reactive ketones (excluding diaryl/α,β-unsaturated/α-hetero) is 1. The van der Waals surface area contributed by atoms with E-state index >= 15 is 0 Å². The summed E-state index contributed by atoms with van der Waals surface area (Å²) < 4.78 is 5.61. The van der Waals surface area contributed by atoms with Crippen molar-refractivity contribution in [2.24, 2.45) is 5.92 Å². The Balaban J connectivity index is 2.12. The lowest BCUT2D eigenvalue weighted by Gasteiger charge is -2.37. The zero-order valence-electron chi connectivity index (χ0n) is 11.6. The van der Waals surface area contributed by atoms with Crippen molar-refractivity contribution in [3.63, 3.8) is 0 Å². The van der Waals surface area contributed by atoms with Gasteiger partial charge in [0.1, 0.15) is 5.60 Å². The van der Waals surface area contributed by atoms with Gasteiger partial charge in [-0.3, -0.25) is 4.79 Å². The monoisotopic (exact) mass is 280 g/mol. The Labute approximate surface area is 120 Å². The molecule has 1 fully saturated rings. The lowest BCUT2D eigenvalue weighted by Crippen LogP contribution is -2.44. The van der Waals surface area contributed by atoms with Gasteiger partial charge in [0, 0.05) is 18.6 Å². The van der Waals surface area contributed by atoms with Crippen molar-refractivity contribution >= 4 is 17.4 Å². The van der Waals surface area contributed by atoms with Crippen LogP contribution in [0.2, 0.25) is 5.02 Å². The van der Waals surface area contributed by atoms with E-state index in [-0.39, 0.29) is 5.78 Å². The Morgan fingerprint density at radius 3 is 2.58 bits per heavy atom. The van der Waals surface area contributed by atoms with Gasteiger partial charge in [0.2, 0.25) is 0 Å². The molecule has 0 saturated heterocycles. The second-order valence-electron chi connectivity index (χ2n) is 5.57. The maximum Gasteiger partial charge on any atom is 0.169 e. The smallest absolute Gasteiger partial charge is 0.169 e. The molecule has 0 aliphatic heterocycles. The number of benzene rings is 1. The first kappa shape index (κ1) is 14.5. The molecule has 1 aliphatic carbocycles. The maximum atomic E-state index is 12.6. The van der Waals surface area contributed by atoms with Gasteiger partial charge in [-0.05, 0) is 43.2 Å². The van der Waals surface area contributed by atoms with Gasteiger partial charge in [0.25, 0.3) is 0 Å². The van der Waals surface area contributed by atoms with E-state index in [1.807, 2.05) is 24.3 Å². The number of hydrogen-bond acceptors (Lipinski definition) is 2. The molecule has 0 spiro atoms. The van der Waals surface area contributed by atoms with Crippen LogP contribution in [0.4, 0.5) is 0 Å². The average Bonchev–Trinajstić information content (AvgIpc) is 2.42. The van der Waals surface area contributed by atoms with Crippen molar-refractivity contribution in [2.45, 2.75) is 44.6 Å². The zero-order chi connectivity index (χ0) is 13.9. The Morgan fingerprint density at radius 1 is 1.37 bits per heavy atom. The Morgan fingerprint density at radius 2 is 2.00 bits per heavy atom. The quantitative estimate of drug-likeness (QED) is 0.832. The summed E-state index contributed by atoms with van der Waals surface area (Å²) in [7, 11) is 1.65. The topological polar surface area (TPSA) is 26.3 Å². The molecule has 0 N–H and O–H groups in total. The number of ether oxygens (including phenoxy) is 1. The molecule has 2 nitrogen and oxygen atoms in total. The highest BCUT2D eigenvalue weighted by atomic mass is 35.5. The summed E-state index contributed by atoms with van der Waals surface area (Å²) in [5.41, 5.74) is 0.301. The molecule has 0 heterocycles. The predicted molar refractivity (Wildman–Crippen MR) is 77.5 cm³/mol. The van der Waals surface area contributed by atoms with Crippen molar-refractivity contribution in [1.82, 2.24) is 0 Å². The summed E-state index contributed by atoms with van der Waals surface area (Å²) in [6.07, 6.45) is 4.13. The maximum absolute atomic E-state index is 12.6. The van der Waals surface area contributed by atoms with E-state index in [0.717, 1.165) is 31.2 Å². The van der Waals surface area contributed by atoms with Crippen LogP contribution in [0.1, 0.15) is 38.2 Å². The van der Waals surface area contributed by atoms with Crippen LogP contribution >= 0.6 is 11.6 Å². The van der Waals surface area contributed by atoms with E-state index in [4.69, 9.17) is 16.3 Å². The summed E-state index contributed by atoms with van der Waals surface area (Å²) in [6.45, 7) is 2.23. The summed E-state index contributed by atoms with van der Waals surface area (Å²) in [4.78, 5) is 12.6. The van der Waals surface area contributed by atoms with Crippen molar-refractivity contribution in [1.29, 1.82) is 0 Å². The summed E-state index contributed by atoms with van der Waals surface area (Å²) in [5.74, 6) is 0.853. The molecule has 1 aromatic carbocycles. The van der Waals surface area contributed by atoms with Gasteiger partial charge in [-0.25, -0.2) is 0 Å². The van der Waals surface area contributed by atoms with Gasteiger partial charge in [-0.2, -0.15) is 0 Å². The minimum absolute atomic E-state index is 0.162. The first-order valence-corrected chi connectivity index (χ1v) is 7.27. The minimum atomic E-state index is -0.592. The van der Waals surface area contributed by atoms with E-state index in [1.54, 1.807) is 7.11 Å². The number of ketones is 1. The van der Waals surface area contributed by atoms with Crippen LogP contribution in [-0.2, 0) is 16.0 Å². The molecule has 19 heavy (non-hydrogen) atoms. The lowest BCUT2D eigenvalue weighted by molar-refractivity contribution is -0.145. The Kier molecular flexibility index (Phi) is 4.64. The van der Waals surface area contributed by atoms with Crippen LogP contribution in [0, 0.1) is 5.92 Å². The average molecular weight is 281 g/mol. The fourth-order valence-corrected chi connectivity index (χ4v) is 3.00. The molecule has 104 valence electrons. The van der Waals surface area contributed by atoms with Gasteiger partial charge in [0.05, 0.1) is 0 Å². The molecule has 0 atom stereocenters. The van der Waals surface area contributed by atoms with E-state index in [1.165, 1.54) is 0 Å². The number of halogens is 1. The summed E-state index contributed by atoms with van der Waals surface area (Å²) in [6, 6.07) is 7.53. The van der Waals surface area contributed by atoms with Gasteiger partial charge < -0.3 is 4.74 Å². The fraction of sp³-hybridized carbons (Fsp3) is 0.562. The molecule has 0 aromatic heterocycles. The largest absolute Gasteiger partial charge is 0.370 e. The van der Waals surface area contributed by atoms with Gasteiger partial charge in [-0.1, -0.05) is 36.7 Å². The highest BCUT2D eigenvalue weighted by Gasteiger charge is 2.40. The second kappa shape index (κ2) is 6.06. The highest BCUT2D eigenvalue weighted by Crippen LogP contribution is 2.36. The molecule has 1 aromatic rings. The predicted octanol–water partition coefficient (Wildman–Crippen LogP) is 4.05. The molecule has 2 rings (SSSR count). The normalized spacial score (nSPS) is 27.2. The minimum Gasteiger partial charge on any atom is -0.370 e. The number of carbonyl (C=O) groups excluding carboxylic acids is 1. The molecule has 0 amide bonds. The molecule has 0 bridgehead atoms. The summed E-state index contributed by atoms with van der Waals surface area (Å²) >= 11 is 6.13. The van der Waals surface area contributed by atoms with Crippen LogP contribution in [-0.4, -0.2) is 18.5 Å². The lowest BCUT2D eigenvalue weighted by atomic mass is 9.76. The number of rotatable bonds is 4. The molecule has 0 radical (unpaired) electrons. The number of carbonyl (C=O) groups is 1. The van der Waals surface area contributed by atoms with E-state index in [0.29, 0.717) is 17.4 Å². The van der Waals surface area contributed by atoms with Crippen molar-refractivity contribution < 1.29 is 9.53 Å². The van der Waals surface area contributed by atoms with Gasteiger partial charge in [0.15, 0.2) is 5.78 Å². The van der Waals surface area contributed by atoms with Crippen LogP contribution in [0.25, 0.3) is 0 Å². The number of hydrogen-bond donors (Lipinski definition) is 0. The standard InChI is InChI=1S/C16H21ClO2/c1-12-7-9-16(19-2,10-8-12)15(18)11-13-5-3-4-6-14(13)17/h3-6,12H,7-11H2,1-2H3. The number of methoxy groups -OCH3 is 1. The first-order valence-electron chi connectivity index (χ1n) is 6.89. The summed E-state index contributed by atoms with van der Waals surface area (Å²) in [5, 5.41) is 0.659. The third-order valence-electron chi connectivity index (χ3n) is 4.29. The third-order valence-corrected chi connectivity index (χ3v) is 4.66. The molecule has 0 unspecified atom stereocenters. The fourth-order valence-electron chi connectivity index (χ4n) is 2.80. The van der Waals surface area contributed by atoms with Crippen LogP contribution in [0.3, 0.4) is 0 Å². The molecule has 3 heteroatoms. The Hall–Kier alpha value is -0.860. The van der Waals surface area contributed by atoms with Crippen molar-refractivity contribution in [3.8, 4) is 0 Å².